The van der Waals surface area contributed by atoms with E-state index in [-0.39, 0.29) is 13.2 Å². The Morgan fingerprint density at radius 2 is 1.94 bits per heavy atom. The fraction of sp³-hybridized carbons (Fsp3) is 0.889. The minimum absolute atomic E-state index is 0.0747. The average Bonchev–Trinajstić information content (AvgIpc) is 1.99. The van der Waals surface area contributed by atoms with E-state index < -0.39 is 27.3 Å². The molecule has 0 aliphatic rings. The van der Waals surface area contributed by atoms with Gasteiger partial charge in [-0.3, -0.25) is 4.79 Å². The smallest absolute Gasteiger partial charge is 0.322 e. The first-order valence-corrected chi connectivity index (χ1v) is 6.51. The van der Waals surface area contributed by atoms with Crippen molar-refractivity contribution in [2.24, 2.45) is 0 Å². The lowest BCUT2D eigenvalue weighted by Crippen LogP contribution is -2.42. The monoisotopic (exact) mass is 253 g/mol. The van der Waals surface area contributed by atoms with Crippen LogP contribution in [0.4, 0.5) is 0 Å². The molecule has 0 saturated heterocycles. The Kier molecular flexibility index (Phi) is 5.37. The Bertz CT molecular complexity index is 330. The highest BCUT2D eigenvalue weighted by atomic mass is 32.2. The van der Waals surface area contributed by atoms with Crippen molar-refractivity contribution in [3.8, 4) is 0 Å². The molecule has 6 nitrogen and oxygen atoms in total. The van der Waals surface area contributed by atoms with Gasteiger partial charge in [0.15, 0.2) is 5.75 Å². The second kappa shape index (κ2) is 5.60. The molecule has 0 aromatic heterocycles. The standard InChI is InChI=1S/C9H19NO5S/c1-5-15-8(11)6-16(13,14)10(4)7-9(2,3)12/h12H,5-7H2,1-4H3. The first-order chi connectivity index (χ1) is 7.08. The quantitative estimate of drug-likeness (QED) is 0.650. The van der Waals surface area contributed by atoms with Crippen molar-refractivity contribution in [1.82, 2.24) is 4.31 Å². The van der Waals surface area contributed by atoms with E-state index in [1.165, 1.54) is 20.9 Å². The van der Waals surface area contributed by atoms with Crippen LogP contribution in [0.25, 0.3) is 0 Å². The molecule has 0 aliphatic heterocycles. The lowest BCUT2D eigenvalue weighted by Gasteiger charge is -2.24. The number of hydrogen-bond acceptors (Lipinski definition) is 5. The largest absolute Gasteiger partial charge is 0.465 e. The molecule has 0 heterocycles. The Morgan fingerprint density at radius 3 is 2.31 bits per heavy atom. The predicted molar refractivity (Wildman–Crippen MR) is 59.3 cm³/mol. The van der Waals surface area contributed by atoms with Crippen molar-refractivity contribution >= 4 is 16.0 Å². The molecule has 0 amide bonds. The number of likely N-dealkylation sites (N-methyl/N-ethyl adjacent to an activating group) is 1. The van der Waals surface area contributed by atoms with Crippen molar-refractivity contribution in [2.75, 3.05) is 26.0 Å². The number of carbonyl (C=O) groups excluding carboxylic acids is 1. The third-order valence-electron chi connectivity index (χ3n) is 1.69. The Balaban J connectivity index is 4.50. The molecule has 0 atom stereocenters. The maximum atomic E-state index is 11.6. The first kappa shape index (κ1) is 15.3. The van der Waals surface area contributed by atoms with Gasteiger partial charge in [-0.15, -0.1) is 0 Å². The van der Waals surface area contributed by atoms with Crippen LogP contribution in [0.2, 0.25) is 0 Å². The maximum absolute atomic E-state index is 11.6. The molecule has 0 unspecified atom stereocenters. The molecule has 0 spiro atoms. The Hall–Kier alpha value is -0.660. The number of esters is 1. The van der Waals surface area contributed by atoms with Gasteiger partial charge in [-0.25, -0.2) is 12.7 Å². The number of hydrogen-bond donors (Lipinski definition) is 1. The van der Waals surface area contributed by atoms with Crippen molar-refractivity contribution in [1.29, 1.82) is 0 Å². The van der Waals surface area contributed by atoms with Crippen LogP contribution in [0.15, 0.2) is 0 Å². The van der Waals surface area contributed by atoms with Crippen LogP contribution in [0.1, 0.15) is 20.8 Å². The van der Waals surface area contributed by atoms with Crippen molar-refractivity contribution in [2.45, 2.75) is 26.4 Å². The highest BCUT2D eigenvalue weighted by Crippen LogP contribution is 2.07. The summed E-state index contributed by atoms with van der Waals surface area (Å²) in [4.78, 5) is 11.0. The summed E-state index contributed by atoms with van der Waals surface area (Å²) < 4.78 is 28.7. The number of nitrogens with zero attached hydrogens (tertiary/aromatic N) is 1. The van der Waals surface area contributed by atoms with E-state index in [9.17, 15) is 18.3 Å². The topological polar surface area (TPSA) is 83.9 Å². The normalized spacial score (nSPS) is 12.9. The zero-order valence-electron chi connectivity index (χ0n) is 10.1. The lowest BCUT2D eigenvalue weighted by atomic mass is 10.1. The molecule has 0 fully saturated rings. The first-order valence-electron chi connectivity index (χ1n) is 4.90. The Labute approximate surface area is 96.2 Å². The van der Waals surface area contributed by atoms with Gasteiger partial charge in [0.1, 0.15) is 0 Å². The maximum Gasteiger partial charge on any atom is 0.322 e. The van der Waals surface area contributed by atoms with Crippen LogP contribution >= 0.6 is 0 Å². The van der Waals surface area contributed by atoms with Crippen LogP contribution in [-0.2, 0) is 19.6 Å². The lowest BCUT2D eigenvalue weighted by molar-refractivity contribution is -0.140. The Morgan fingerprint density at radius 1 is 1.44 bits per heavy atom. The molecule has 7 heteroatoms. The van der Waals surface area contributed by atoms with Gasteiger partial charge in [-0.1, -0.05) is 0 Å². The summed E-state index contributed by atoms with van der Waals surface area (Å²) in [5, 5.41) is 9.47. The fourth-order valence-electron chi connectivity index (χ4n) is 1.11. The average molecular weight is 253 g/mol. The molecular weight excluding hydrogens is 234 g/mol. The zero-order valence-corrected chi connectivity index (χ0v) is 10.9. The highest BCUT2D eigenvalue weighted by molar-refractivity contribution is 7.89. The number of aliphatic hydroxyl groups is 1. The highest BCUT2D eigenvalue weighted by Gasteiger charge is 2.27. The van der Waals surface area contributed by atoms with Crippen LogP contribution in [-0.4, -0.2) is 55.4 Å². The van der Waals surface area contributed by atoms with Crippen LogP contribution < -0.4 is 0 Å². The van der Waals surface area contributed by atoms with E-state index in [2.05, 4.69) is 4.74 Å². The number of ether oxygens (including phenoxy) is 1. The van der Waals surface area contributed by atoms with Crippen molar-refractivity contribution in [3.05, 3.63) is 0 Å². The van der Waals surface area contributed by atoms with E-state index in [1.54, 1.807) is 6.92 Å². The van der Waals surface area contributed by atoms with E-state index in [1.807, 2.05) is 0 Å². The van der Waals surface area contributed by atoms with Crippen LogP contribution in [0.5, 0.6) is 0 Å². The minimum atomic E-state index is -3.72. The van der Waals surface area contributed by atoms with Gasteiger partial charge in [0.2, 0.25) is 10.0 Å². The van der Waals surface area contributed by atoms with Gasteiger partial charge in [-0.2, -0.15) is 0 Å². The molecule has 0 aromatic rings. The number of sulfonamides is 1. The van der Waals surface area contributed by atoms with Gasteiger partial charge in [-0.05, 0) is 20.8 Å². The molecule has 0 saturated carbocycles. The van der Waals surface area contributed by atoms with Crippen molar-refractivity contribution < 1.29 is 23.1 Å². The summed E-state index contributed by atoms with van der Waals surface area (Å²) in [7, 11) is -2.40. The fourth-order valence-corrected chi connectivity index (χ4v) is 2.22. The van der Waals surface area contributed by atoms with E-state index in [0.29, 0.717) is 0 Å². The summed E-state index contributed by atoms with van der Waals surface area (Å²) in [5.41, 5.74) is -1.14. The summed E-state index contributed by atoms with van der Waals surface area (Å²) in [6, 6.07) is 0. The van der Waals surface area contributed by atoms with Gasteiger partial charge in [0.05, 0.1) is 12.2 Å². The molecule has 16 heavy (non-hydrogen) atoms. The van der Waals surface area contributed by atoms with Crippen molar-refractivity contribution in [3.63, 3.8) is 0 Å². The van der Waals surface area contributed by atoms with Gasteiger partial charge in [0.25, 0.3) is 0 Å². The number of carbonyl (C=O) groups is 1. The third kappa shape index (κ3) is 6.04. The molecule has 1 N–H and O–H groups in total. The zero-order chi connectivity index (χ0) is 13.0. The third-order valence-corrected chi connectivity index (χ3v) is 3.37. The summed E-state index contributed by atoms with van der Waals surface area (Å²) in [6.45, 7) is 4.65. The van der Waals surface area contributed by atoms with Gasteiger partial charge >= 0.3 is 5.97 Å². The summed E-state index contributed by atoms with van der Waals surface area (Å²) in [5.74, 6) is -1.49. The SMILES string of the molecule is CCOC(=O)CS(=O)(=O)N(C)CC(C)(C)O. The van der Waals surface area contributed by atoms with Crippen LogP contribution in [0, 0.1) is 0 Å². The van der Waals surface area contributed by atoms with E-state index >= 15 is 0 Å². The summed E-state index contributed by atoms with van der Waals surface area (Å²) in [6.07, 6.45) is 0. The van der Waals surface area contributed by atoms with Gasteiger partial charge in [0, 0.05) is 13.6 Å². The molecule has 0 aromatic carbocycles. The molecule has 96 valence electrons. The van der Waals surface area contributed by atoms with E-state index in [0.717, 1.165) is 4.31 Å². The van der Waals surface area contributed by atoms with Crippen LogP contribution in [0.3, 0.4) is 0 Å². The predicted octanol–water partition coefficient (Wildman–Crippen LogP) is -0.418. The second-order valence-electron chi connectivity index (χ2n) is 4.13. The summed E-state index contributed by atoms with van der Waals surface area (Å²) >= 11 is 0. The second-order valence-corrected chi connectivity index (χ2v) is 6.21. The minimum Gasteiger partial charge on any atom is -0.465 e. The number of rotatable bonds is 6. The molecular formula is C9H19NO5S. The molecule has 0 radical (unpaired) electrons. The van der Waals surface area contributed by atoms with Gasteiger partial charge < -0.3 is 9.84 Å². The van der Waals surface area contributed by atoms with E-state index in [4.69, 9.17) is 0 Å². The molecule has 0 aliphatic carbocycles. The molecule has 0 bridgehead atoms. The molecule has 0 rings (SSSR count).